The molecule has 1 N–H and O–H groups in total. The minimum Gasteiger partial charge on any atom is -0.493 e. The maximum absolute atomic E-state index is 12.4. The Labute approximate surface area is 180 Å². The number of Topliss-reactive ketones (excluding diaryl/α,β-unsaturated/α-hetero) is 1. The smallest absolute Gasteiger partial charge is 0.437 e. The summed E-state index contributed by atoms with van der Waals surface area (Å²) in [6.07, 6.45) is -1.28. The Bertz CT molecular complexity index is 1340. The molecule has 13 nitrogen and oxygen atoms in total. The van der Waals surface area contributed by atoms with Crippen molar-refractivity contribution in [2.45, 2.75) is 19.6 Å². The molecule has 3 rings (SSSR count). The number of aliphatic hydroxyl groups excluding tert-OH is 1. The van der Waals surface area contributed by atoms with Crippen LogP contribution in [0.4, 0.5) is 5.95 Å². The monoisotopic (exact) mass is 447 g/mol. The number of benzene rings is 1. The first-order valence-corrected chi connectivity index (χ1v) is 9.37. The van der Waals surface area contributed by atoms with Crippen LogP contribution in [0.5, 0.6) is 11.5 Å². The molecule has 0 amide bonds. The van der Waals surface area contributed by atoms with Crippen LogP contribution < -0.4 is 20.7 Å². The maximum Gasteiger partial charge on any atom is 0.437 e. The number of imidazole rings is 1. The fourth-order valence-electron chi connectivity index (χ4n) is 3.24. The summed E-state index contributed by atoms with van der Waals surface area (Å²) >= 11 is 0. The van der Waals surface area contributed by atoms with Gasteiger partial charge in [-0.15, -0.1) is 0 Å². The molecular formula is C19H21N5O8. The molecule has 1 aromatic carbocycles. The second-order valence-corrected chi connectivity index (χ2v) is 7.04. The van der Waals surface area contributed by atoms with Gasteiger partial charge in [0.2, 0.25) is 5.65 Å². The van der Waals surface area contributed by atoms with Gasteiger partial charge >= 0.3 is 17.2 Å². The van der Waals surface area contributed by atoms with E-state index in [2.05, 4.69) is 4.98 Å². The number of rotatable bonds is 8. The van der Waals surface area contributed by atoms with Gasteiger partial charge in [0.25, 0.3) is 5.52 Å². The zero-order chi connectivity index (χ0) is 23.7. The van der Waals surface area contributed by atoms with Gasteiger partial charge in [-0.1, -0.05) is 4.98 Å². The first kappa shape index (κ1) is 22.7. The molecule has 0 aliphatic heterocycles. The first-order chi connectivity index (χ1) is 15.1. The number of hydrogen-bond acceptors (Lipinski definition) is 9. The highest BCUT2D eigenvalue weighted by Gasteiger charge is 2.29. The molecule has 2 heterocycles. The van der Waals surface area contributed by atoms with E-state index in [0.717, 1.165) is 13.7 Å². The number of ketones is 1. The number of ether oxygens (including phenoxy) is 2. The van der Waals surface area contributed by atoms with Crippen LogP contribution in [0.3, 0.4) is 0 Å². The highest BCUT2D eigenvalue weighted by molar-refractivity contribution is 5.94. The third kappa shape index (κ3) is 3.97. The van der Waals surface area contributed by atoms with Crippen LogP contribution in [0, 0.1) is 10.1 Å². The van der Waals surface area contributed by atoms with Crippen molar-refractivity contribution in [3.8, 4) is 11.5 Å². The topological polar surface area (TPSA) is 161 Å². The van der Waals surface area contributed by atoms with Crippen molar-refractivity contribution in [1.29, 1.82) is 0 Å². The van der Waals surface area contributed by atoms with Crippen molar-refractivity contribution >= 4 is 22.9 Å². The largest absolute Gasteiger partial charge is 0.493 e. The summed E-state index contributed by atoms with van der Waals surface area (Å²) < 4.78 is 13.6. The zero-order valence-electron chi connectivity index (χ0n) is 17.8. The number of fused-ring (bicyclic) bond motifs is 1. The molecule has 0 aliphatic rings. The van der Waals surface area contributed by atoms with Gasteiger partial charge in [-0.2, -0.15) is 0 Å². The van der Waals surface area contributed by atoms with Gasteiger partial charge in [-0.05, 0) is 30.0 Å². The van der Waals surface area contributed by atoms with Gasteiger partial charge in [-0.25, -0.2) is 9.36 Å². The molecule has 0 fully saturated rings. The molecule has 13 heteroatoms. The molecule has 0 bridgehead atoms. The van der Waals surface area contributed by atoms with Gasteiger partial charge in [-0.3, -0.25) is 18.7 Å². The SMILES string of the molecule is COc1cc(C(C)=O)ccc1OCC(O)Cn1c([N+](=O)[O-])nc2c(=O)n(C)c(=O)n(C)c21. The molecule has 0 radical (unpaired) electrons. The standard InChI is InChI=1S/C19H21N5O8/c1-10(25)11-5-6-13(14(7-11)31-4)32-9-12(26)8-23-16-15(20-18(23)24(29)30)17(27)22(3)19(28)21(16)2/h5-7,12,26H,8-9H2,1-4H3. The minimum absolute atomic E-state index is 0.0905. The summed E-state index contributed by atoms with van der Waals surface area (Å²) in [6, 6.07) is 4.53. The number of aromatic nitrogens is 4. The molecule has 0 saturated heterocycles. The third-order valence-corrected chi connectivity index (χ3v) is 4.88. The molecular weight excluding hydrogens is 426 g/mol. The maximum atomic E-state index is 12.4. The number of hydrogen-bond donors (Lipinski definition) is 1. The lowest BCUT2D eigenvalue weighted by molar-refractivity contribution is -0.396. The molecule has 0 spiro atoms. The summed E-state index contributed by atoms with van der Waals surface area (Å²) in [7, 11) is 3.98. The Morgan fingerprint density at radius 3 is 2.53 bits per heavy atom. The number of nitrogens with zero attached hydrogens (tertiary/aromatic N) is 5. The van der Waals surface area contributed by atoms with Crippen LogP contribution in [0.25, 0.3) is 11.2 Å². The lowest BCUT2D eigenvalue weighted by Gasteiger charge is -2.15. The van der Waals surface area contributed by atoms with Crippen LogP contribution >= 0.6 is 0 Å². The van der Waals surface area contributed by atoms with Gasteiger partial charge in [0.1, 0.15) is 19.3 Å². The fraction of sp³-hybridized carbons (Fsp3) is 0.368. The summed E-state index contributed by atoms with van der Waals surface area (Å²) in [5, 5.41) is 22.0. The van der Waals surface area contributed by atoms with E-state index < -0.39 is 28.2 Å². The van der Waals surface area contributed by atoms with Crippen LogP contribution in [0.1, 0.15) is 17.3 Å². The normalized spacial score (nSPS) is 12.0. The van der Waals surface area contributed by atoms with Crippen LogP contribution in [0.2, 0.25) is 0 Å². The number of nitro groups is 1. The summed E-state index contributed by atoms with van der Waals surface area (Å²) in [5.74, 6) is -0.329. The lowest BCUT2D eigenvalue weighted by Crippen LogP contribution is -2.37. The van der Waals surface area contributed by atoms with E-state index >= 15 is 0 Å². The van der Waals surface area contributed by atoms with Gasteiger partial charge in [0, 0.05) is 19.7 Å². The molecule has 32 heavy (non-hydrogen) atoms. The second-order valence-electron chi connectivity index (χ2n) is 7.04. The predicted molar refractivity (Wildman–Crippen MR) is 111 cm³/mol. The summed E-state index contributed by atoms with van der Waals surface area (Å²) in [4.78, 5) is 50.6. The number of carbonyl (C=O) groups excluding carboxylic acids is 1. The molecule has 170 valence electrons. The second kappa shape index (κ2) is 8.63. The minimum atomic E-state index is -1.28. The van der Waals surface area contributed by atoms with Crippen LogP contribution in [-0.4, -0.2) is 54.3 Å². The molecule has 0 aliphatic carbocycles. The van der Waals surface area contributed by atoms with Gasteiger partial charge < -0.3 is 24.7 Å². The molecule has 1 unspecified atom stereocenters. The van der Waals surface area contributed by atoms with E-state index in [-0.39, 0.29) is 41.6 Å². The van der Waals surface area contributed by atoms with Crippen molar-refractivity contribution in [2.24, 2.45) is 14.1 Å². The van der Waals surface area contributed by atoms with Crippen LogP contribution in [0.15, 0.2) is 27.8 Å². The fourth-order valence-corrected chi connectivity index (χ4v) is 3.24. The van der Waals surface area contributed by atoms with Gasteiger partial charge in [0.05, 0.1) is 7.11 Å². The first-order valence-electron chi connectivity index (χ1n) is 9.37. The van der Waals surface area contributed by atoms with E-state index in [0.29, 0.717) is 5.56 Å². The highest BCUT2D eigenvalue weighted by Crippen LogP contribution is 2.28. The molecule has 3 aromatic rings. The Balaban J connectivity index is 1.92. The van der Waals surface area contributed by atoms with Crippen molar-refractivity contribution in [2.75, 3.05) is 13.7 Å². The number of aliphatic hydroxyl groups is 1. The summed E-state index contributed by atoms with van der Waals surface area (Å²) in [5.41, 5.74) is -1.42. The van der Waals surface area contributed by atoms with Crippen molar-refractivity contribution in [1.82, 2.24) is 18.7 Å². The third-order valence-electron chi connectivity index (χ3n) is 4.88. The average molecular weight is 447 g/mol. The van der Waals surface area contributed by atoms with E-state index in [1.54, 1.807) is 0 Å². The number of carbonyl (C=O) groups is 1. The van der Waals surface area contributed by atoms with E-state index in [4.69, 9.17) is 9.47 Å². The number of aryl methyl sites for hydroxylation is 1. The predicted octanol–water partition coefficient (Wildman–Crippen LogP) is -0.00700. The van der Waals surface area contributed by atoms with E-state index in [9.17, 15) is 29.6 Å². The number of methoxy groups -OCH3 is 1. The van der Waals surface area contributed by atoms with E-state index in [1.807, 2.05) is 0 Å². The molecule has 1 atom stereocenters. The van der Waals surface area contributed by atoms with Crippen molar-refractivity contribution in [3.63, 3.8) is 0 Å². The Kier molecular flexibility index (Phi) is 6.11. The van der Waals surface area contributed by atoms with Gasteiger partial charge in [0.15, 0.2) is 17.3 Å². The van der Waals surface area contributed by atoms with Crippen molar-refractivity contribution < 1.29 is 24.3 Å². The molecule has 2 aromatic heterocycles. The Morgan fingerprint density at radius 2 is 1.94 bits per heavy atom. The highest BCUT2D eigenvalue weighted by atomic mass is 16.6. The summed E-state index contributed by atoms with van der Waals surface area (Å²) in [6.45, 7) is 0.731. The van der Waals surface area contributed by atoms with Crippen molar-refractivity contribution in [3.05, 3.63) is 54.7 Å². The Morgan fingerprint density at radius 1 is 1.25 bits per heavy atom. The zero-order valence-corrected chi connectivity index (χ0v) is 17.8. The quantitative estimate of drug-likeness (QED) is 0.284. The lowest BCUT2D eigenvalue weighted by atomic mass is 10.1. The molecule has 0 saturated carbocycles. The average Bonchev–Trinajstić information content (AvgIpc) is 3.14. The van der Waals surface area contributed by atoms with Crippen LogP contribution in [-0.2, 0) is 20.6 Å². The van der Waals surface area contributed by atoms with E-state index in [1.165, 1.54) is 46.3 Å². The Hall–Kier alpha value is -4.00.